The van der Waals surface area contributed by atoms with Crippen molar-refractivity contribution >= 4 is 113 Å². The first kappa shape index (κ1) is 35.5. The molecule has 15 heteroatoms. The lowest BCUT2D eigenvalue weighted by Gasteiger charge is -2.00. The van der Waals surface area contributed by atoms with Crippen LogP contribution >= 0.6 is 34.0 Å². The summed E-state index contributed by atoms with van der Waals surface area (Å²) < 4.78 is 22.1. The van der Waals surface area contributed by atoms with Gasteiger partial charge in [-0.1, -0.05) is 107 Å². The summed E-state index contributed by atoms with van der Waals surface area (Å²) in [4.78, 5) is 17.2. The van der Waals surface area contributed by atoms with Crippen LogP contribution < -0.4 is 0 Å². The standard InChI is InChI=1S/C28H14N6OS2.C21H12N4OS/c1-3-11-19-17(9-1)29-27-33(19)21-13-5-7-15(23(21)36-27)25-31-32-26(35-25)16-8-6-14-22-24(16)37-28-30-18-10-2-4-12-20(18)34(22)28;1-2-7-13(8-3-1)19-23-24-20(26-19)14-9-6-12-17-18(14)27-21-22-15-10-4-5-11-16(15)25(17)21/h1-14H;1-12H. The van der Waals surface area contributed by atoms with Gasteiger partial charge in [-0.25, -0.2) is 15.0 Å². The van der Waals surface area contributed by atoms with Crippen LogP contribution in [-0.2, 0) is 0 Å². The highest BCUT2D eigenvalue weighted by atomic mass is 32.1. The second kappa shape index (κ2) is 13.7. The molecule has 0 bridgehead atoms. The summed E-state index contributed by atoms with van der Waals surface area (Å²) in [5, 5.41) is 17.5. The normalized spacial score (nSPS) is 12.1. The minimum atomic E-state index is 0.498. The van der Waals surface area contributed by atoms with Crippen LogP contribution in [0.2, 0.25) is 0 Å². The van der Waals surface area contributed by atoms with Crippen molar-refractivity contribution in [2.75, 3.05) is 0 Å². The number of hydrogen-bond acceptors (Lipinski definition) is 12. The molecule has 64 heavy (non-hydrogen) atoms. The molecule has 0 aliphatic rings. The van der Waals surface area contributed by atoms with E-state index in [1.165, 1.54) is 0 Å². The molecule has 0 saturated heterocycles. The molecule has 0 atom stereocenters. The zero-order chi connectivity index (χ0) is 41.9. The predicted molar refractivity (Wildman–Crippen MR) is 255 cm³/mol. The number of rotatable bonds is 4. The number of nitrogens with zero attached hydrogens (tertiary/aromatic N) is 10. The van der Waals surface area contributed by atoms with Gasteiger partial charge in [0, 0.05) is 5.56 Å². The first-order chi connectivity index (χ1) is 31.7. The maximum atomic E-state index is 6.32. The molecule has 0 fully saturated rings. The third-order valence-electron chi connectivity index (χ3n) is 11.4. The Morgan fingerprint density at radius 1 is 0.312 bits per heavy atom. The van der Waals surface area contributed by atoms with Gasteiger partial charge in [-0.05, 0) is 84.9 Å². The van der Waals surface area contributed by atoms with Crippen LogP contribution in [0.4, 0.5) is 0 Å². The van der Waals surface area contributed by atoms with Gasteiger partial charge in [-0.15, -0.1) is 20.4 Å². The number of thiazole rings is 3. The van der Waals surface area contributed by atoms with Crippen LogP contribution in [0.15, 0.2) is 167 Å². The fourth-order valence-corrected chi connectivity index (χ4v) is 12.0. The first-order valence-corrected chi connectivity index (χ1v) is 22.8. The largest absolute Gasteiger partial charge is 0.416 e. The zero-order valence-electron chi connectivity index (χ0n) is 33.0. The first-order valence-electron chi connectivity index (χ1n) is 20.3. The molecule has 0 aliphatic heterocycles. The Morgan fingerprint density at radius 2 is 0.641 bits per heavy atom. The molecule has 8 aromatic heterocycles. The highest BCUT2D eigenvalue weighted by Gasteiger charge is 2.22. The number of benzene rings is 7. The van der Waals surface area contributed by atoms with Crippen molar-refractivity contribution < 1.29 is 8.83 Å². The molecular formula is C49H26N10O2S3. The van der Waals surface area contributed by atoms with E-state index in [9.17, 15) is 0 Å². The van der Waals surface area contributed by atoms with E-state index in [-0.39, 0.29) is 0 Å². The minimum absolute atomic E-state index is 0.498. The molecule has 0 N–H and O–H groups in total. The van der Waals surface area contributed by atoms with E-state index in [4.69, 9.17) is 23.8 Å². The summed E-state index contributed by atoms with van der Waals surface area (Å²) >= 11 is 4.91. The minimum Gasteiger partial charge on any atom is -0.416 e. The smallest absolute Gasteiger partial charge is 0.249 e. The molecule has 8 heterocycles. The van der Waals surface area contributed by atoms with Crippen LogP contribution in [0.1, 0.15) is 0 Å². The van der Waals surface area contributed by atoms with Gasteiger partial charge in [-0.2, -0.15) is 0 Å². The lowest BCUT2D eigenvalue weighted by molar-refractivity contribution is 0.585. The Kier molecular flexibility index (Phi) is 7.59. The zero-order valence-corrected chi connectivity index (χ0v) is 35.5. The fraction of sp³-hybridized carbons (Fsp3) is 0. The molecule has 0 unspecified atom stereocenters. The van der Waals surface area contributed by atoms with E-state index >= 15 is 0 Å². The van der Waals surface area contributed by atoms with Gasteiger partial charge in [-0.3, -0.25) is 13.2 Å². The molecule has 12 nitrogen and oxygen atoms in total. The van der Waals surface area contributed by atoms with Crippen molar-refractivity contribution in [3.8, 4) is 45.8 Å². The topological polar surface area (TPSA) is 130 Å². The number of para-hydroxylation sites is 6. The average molecular weight is 883 g/mol. The molecule has 0 radical (unpaired) electrons. The van der Waals surface area contributed by atoms with Crippen LogP contribution in [0.5, 0.6) is 0 Å². The third-order valence-corrected chi connectivity index (χ3v) is 14.7. The SMILES string of the molecule is c1ccc(-c2nnc(-c3cccc4c3sc3nc5ccccc5n34)o2)cc1.c1ccc2c(c1)nc1sc3c(-c4nnc(-c5cccc6c5sc5nc7ccccc7n56)o4)cccc3n12. The van der Waals surface area contributed by atoms with Crippen molar-refractivity contribution in [2.45, 2.75) is 0 Å². The summed E-state index contributed by atoms with van der Waals surface area (Å²) in [6, 6.07) is 52.9. The van der Waals surface area contributed by atoms with Crippen molar-refractivity contribution in [1.82, 2.24) is 48.5 Å². The predicted octanol–water partition coefficient (Wildman–Crippen LogP) is 12.9. The van der Waals surface area contributed by atoms with E-state index < -0.39 is 0 Å². The van der Waals surface area contributed by atoms with Gasteiger partial charge in [0.15, 0.2) is 14.9 Å². The van der Waals surface area contributed by atoms with Crippen LogP contribution in [0.25, 0.3) is 124 Å². The van der Waals surface area contributed by atoms with Crippen molar-refractivity contribution in [1.29, 1.82) is 0 Å². The Morgan fingerprint density at radius 3 is 1.05 bits per heavy atom. The van der Waals surface area contributed by atoms with E-state index in [1.54, 1.807) is 34.0 Å². The summed E-state index contributed by atoms with van der Waals surface area (Å²) in [6.45, 7) is 0. The lowest BCUT2D eigenvalue weighted by atomic mass is 10.2. The molecule has 0 amide bonds. The van der Waals surface area contributed by atoms with Gasteiger partial charge in [0.1, 0.15) is 0 Å². The average Bonchev–Trinajstić information content (AvgIpc) is 4.20. The molecule has 0 aliphatic carbocycles. The Balaban J connectivity index is 0.000000130. The molecule has 0 saturated carbocycles. The monoisotopic (exact) mass is 882 g/mol. The van der Waals surface area contributed by atoms with E-state index in [1.807, 2.05) is 121 Å². The molecule has 302 valence electrons. The second-order valence-corrected chi connectivity index (χ2v) is 18.0. The Labute approximate surface area is 371 Å². The third kappa shape index (κ3) is 5.29. The van der Waals surface area contributed by atoms with E-state index in [0.29, 0.717) is 23.6 Å². The van der Waals surface area contributed by atoms with Gasteiger partial charge in [0.25, 0.3) is 0 Å². The summed E-state index contributed by atoms with van der Waals surface area (Å²) in [6.07, 6.45) is 0. The van der Waals surface area contributed by atoms with Gasteiger partial charge in [0.2, 0.25) is 23.6 Å². The maximum absolute atomic E-state index is 6.32. The van der Waals surface area contributed by atoms with Crippen molar-refractivity contribution in [3.05, 3.63) is 158 Å². The number of imidazole rings is 3. The highest BCUT2D eigenvalue weighted by molar-refractivity contribution is 7.25. The fourth-order valence-electron chi connectivity index (χ4n) is 8.59. The molecule has 7 aromatic carbocycles. The van der Waals surface area contributed by atoms with Crippen LogP contribution in [-0.4, -0.2) is 48.5 Å². The summed E-state index contributed by atoms with van der Waals surface area (Å²) in [7, 11) is 0. The summed E-state index contributed by atoms with van der Waals surface area (Å²) in [5.41, 5.74) is 13.2. The molecule has 0 spiro atoms. The number of fused-ring (bicyclic) bond motifs is 15. The van der Waals surface area contributed by atoms with E-state index in [2.05, 4.69) is 70.0 Å². The van der Waals surface area contributed by atoms with Crippen molar-refractivity contribution in [2.24, 2.45) is 0 Å². The summed E-state index contributed by atoms with van der Waals surface area (Å²) in [5.74, 6) is 2.04. The number of hydrogen-bond donors (Lipinski definition) is 0. The van der Waals surface area contributed by atoms with Crippen LogP contribution in [0, 0.1) is 0 Å². The second-order valence-electron chi connectivity index (χ2n) is 15.1. The molecule has 15 rings (SSSR count). The van der Waals surface area contributed by atoms with Crippen molar-refractivity contribution in [3.63, 3.8) is 0 Å². The maximum Gasteiger partial charge on any atom is 0.249 e. The molecular weight excluding hydrogens is 857 g/mol. The quantitative estimate of drug-likeness (QED) is 0.170. The highest BCUT2D eigenvalue weighted by Crippen LogP contribution is 2.41. The Hall–Kier alpha value is -8.11. The molecule has 15 aromatic rings. The van der Waals surface area contributed by atoms with Gasteiger partial charge in [0.05, 0.1) is 80.4 Å². The van der Waals surface area contributed by atoms with Gasteiger partial charge >= 0.3 is 0 Å². The van der Waals surface area contributed by atoms with Crippen LogP contribution in [0.3, 0.4) is 0 Å². The number of aromatic nitrogens is 10. The Bertz CT molecular complexity index is 4140. The van der Waals surface area contributed by atoms with Gasteiger partial charge < -0.3 is 8.83 Å². The van der Waals surface area contributed by atoms with E-state index in [0.717, 1.165) is 101 Å². The lowest BCUT2D eigenvalue weighted by Crippen LogP contribution is -1.82.